The Bertz CT molecular complexity index is 599. The van der Waals surface area contributed by atoms with Gasteiger partial charge in [0.15, 0.2) is 0 Å². The van der Waals surface area contributed by atoms with E-state index in [1.165, 1.54) is 18.3 Å². The first-order chi connectivity index (χ1) is 10.0. The third-order valence-electron chi connectivity index (χ3n) is 3.11. The zero-order valence-electron chi connectivity index (χ0n) is 11.9. The van der Waals surface area contributed by atoms with Crippen molar-refractivity contribution in [2.45, 2.75) is 36.6 Å². The molecule has 1 fully saturated rings. The number of rotatable bonds is 8. The van der Waals surface area contributed by atoms with Crippen LogP contribution in [0.25, 0.3) is 0 Å². The number of sulfonamides is 1. The lowest BCUT2D eigenvalue weighted by atomic mass is 10.3. The molecule has 0 bridgehead atoms. The maximum Gasteiger partial charge on any atom is 0.240 e. The molecule has 1 aliphatic rings. The highest BCUT2D eigenvalue weighted by Gasteiger charge is 2.22. The lowest BCUT2D eigenvalue weighted by molar-refractivity contribution is -0.121. The molecule has 1 saturated carbocycles. The maximum atomic E-state index is 12.1. The standard InChI is InChI=1S/C13H20N4O3S/c1-14-12-9-11(6-8-15-12)21(19,20)16-7-2-3-13(18)17-10-4-5-10/h6,8-10,16H,2-5,7H2,1H3,(H,14,15)(H,17,18). The summed E-state index contributed by atoms with van der Waals surface area (Å²) in [5.41, 5.74) is 0. The van der Waals surface area contributed by atoms with E-state index in [1.54, 1.807) is 7.05 Å². The van der Waals surface area contributed by atoms with E-state index < -0.39 is 10.0 Å². The molecule has 0 spiro atoms. The summed E-state index contributed by atoms with van der Waals surface area (Å²) in [6.07, 6.45) is 4.34. The Balaban J connectivity index is 1.78. The molecule has 8 heteroatoms. The van der Waals surface area contributed by atoms with E-state index in [4.69, 9.17) is 0 Å². The summed E-state index contributed by atoms with van der Waals surface area (Å²) in [5, 5.41) is 5.66. The Hall–Kier alpha value is -1.67. The first-order valence-corrected chi connectivity index (χ1v) is 8.42. The van der Waals surface area contributed by atoms with E-state index in [9.17, 15) is 13.2 Å². The van der Waals surface area contributed by atoms with Gasteiger partial charge in [0.2, 0.25) is 15.9 Å². The molecular formula is C13H20N4O3S. The molecule has 3 N–H and O–H groups in total. The van der Waals surface area contributed by atoms with E-state index in [-0.39, 0.29) is 17.3 Å². The van der Waals surface area contributed by atoms with Gasteiger partial charge >= 0.3 is 0 Å². The molecule has 0 aliphatic heterocycles. The maximum absolute atomic E-state index is 12.1. The Morgan fingerprint density at radius 1 is 1.43 bits per heavy atom. The van der Waals surface area contributed by atoms with Crippen LogP contribution in [0.5, 0.6) is 0 Å². The highest BCUT2D eigenvalue weighted by Crippen LogP contribution is 2.18. The average Bonchev–Trinajstić information content (AvgIpc) is 3.27. The van der Waals surface area contributed by atoms with Gasteiger partial charge in [-0.15, -0.1) is 0 Å². The summed E-state index contributed by atoms with van der Waals surface area (Å²) in [7, 11) is -1.89. The molecule has 1 amide bonds. The number of nitrogens with one attached hydrogen (secondary N) is 3. The average molecular weight is 312 g/mol. The normalized spacial score (nSPS) is 14.7. The third kappa shape index (κ3) is 4.98. The molecule has 0 unspecified atom stereocenters. The first-order valence-electron chi connectivity index (χ1n) is 6.94. The lowest BCUT2D eigenvalue weighted by Crippen LogP contribution is -2.28. The molecule has 1 aromatic heterocycles. The fourth-order valence-electron chi connectivity index (χ4n) is 1.78. The number of hydrogen-bond acceptors (Lipinski definition) is 5. The number of aromatic nitrogens is 1. The third-order valence-corrected chi connectivity index (χ3v) is 4.57. The van der Waals surface area contributed by atoms with Crippen LogP contribution < -0.4 is 15.4 Å². The Labute approximate surface area is 124 Å². The Morgan fingerprint density at radius 2 is 2.19 bits per heavy atom. The van der Waals surface area contributed by atoms with Crippen molar-refractivity contribution in [3.63, 3.8) is 0 Å². The van der Waals surface area contributed by atoms with Crippen LogP contribution in [-0.2, 0) is 14.8 Å². The van der Waals surface area contributed by atoms with Crippen molar-refractivity contribution in [1.29, 1.82) is 0 Å². The van der Waals surface area contributed by atoms with E-state index in [0.717, 1.165) is 12.8 Å². The number of pyridine rings is 1. The molecule has 0 radical (unpaired) electrons. The largest absolute Gasteiger partial charge is 0.373 e. The highest BCUT2D eigenvalue weighted by molar-refractivity contribution is 7.89. The fourth-order valence-corrected chi connectivity index (χ4v) is 2.87. The van der Waals surface area contributed by atoms with Crippen molar-refractivity contribution in [1.82, 2.24) is 15.0 Å². The predicted octanol–water partition coefficient (Wildman–Crippen LogP) is 0.460. The number of anilines is 1. The van der Waals surface area contributed by atoms with Crippen LogP contribution >= 0.6 is 0 Å². The van der Waals surface area contributed by atoms with Crippen LogP contribution in [0.3, 0.4) is 0 Å². The molecule has 1 aromatic rings. The van der Waals surface area contributed by atoms with Crippen molar-refractivity contribution in [3.05, 3.63) is 18.3 Å². The van der Waals surface area contributed by atoms with E-state index in [2.05, 4.69) is 20.3 Å². The minimum absolute atomic E-state index is 0.0157. The van der Waals surface area contributed by atoms with Gasteiger partial charge in [-0.1, -0.05) is 0 Å². The SMILES string of the molecule is CNc1cc(S(=O)(=O)NCCCC(=O)NC2CC2)ccn1. The topological polar surface area (TPSA) is 100 Å². The summed E-state index contributed by atoms with van der Waals surface area (Å²) in [4.78, 5) is 15.6. The number of carbonyl (C=O) groups excluding carboxylic acids is 1. The quantitative estimate of drug-likeness (QED) is 0.606. The minimum Gasteiger partial charge on any atom is -0.373 e. The molecule has 0 saturated heterocycles. The molecule has 21 heavy (non-hydrogen) atoms. The van der Waals surface area contributed by atoms with Crippen molar-refractivity contribution < 1.29 is 13.2 Å². The van der Waals surface area contributed by atoms with Crippen molar-refractivity contribution in [2.24, 2.45) is 0 Å². The van der Waals surface area contributed by atoms with Gasteiger partial charge in [-0.05, 0) is 25.3 Å². The monoisotopic (exact) mass is 312 g/mol. The second kappa shape index (κ2) is 6.86. The second-order valence-electron chi connectivity index (χ2n) is 4.97. The second-order valence-corrected chi connectivity index (χ2v) is 6.74. The molecule has 1 heterocycles. The van der Waals surface area contributed by atoms with Gasteiger partial charge in [-0.2, -0.15) is 0 Å². The zero-order valence-corrected chi connectivity index (χ0v) is 12.7. The molecule has 116 valence electrons. The number of hydrogen-bond donors (Lipinski definition) is 3. The van der Waals surface area contributed by atoms with Crippen LogP contribution in [0.2, 0.25) is 0 Å². The Kier molecular flexibility index (Phi) is 5.13. The van der Waals surface area contributed by atoms with Crippen molar-refractivity contribution >= 4 is 21.7 Å². The minimum atomic E-state index is -3.56. The smallest absolute Gasteiger partial charge is 0.240 e. The van der Waals surface area contributed by atoms with Gasteiger partial charge in [0.1, 0.15) is 5.82 Å². The van der Waals surface area contributed by atoms with Gasteiger partial charge in [-0.25, -0.2) is 18.1 Å². The highest BCUT2D eigenvalue weighted by atomic mass is 32.2. The number of amides is 1. The fraction of sp³-hybridized carbons (Fsp3) is 0.538. The van der Waals surface area contributed by atoms with Gasteiger partial charge in [0.05, 0.1) is 4.90 Å². The molecule has 1 aliphatic carbocycles. The van der Waals surface area contributed by atoms with Crippen LogP contribution in [-0.4, -0.2) is 38.9 Å². The Morgan fingerprint density at radius 3 is 2.86 bits per heavy atom. The van der Waals surface area contributed by atoms with Crippen molar-refractivity contribution in [3.8, 4) is 0 Å². The lowest BCUT2D eigenvalue weighted by Gasteiger charge is -2.08. The van der Waals surface area contributed by atoms with Crippen molar-refractivity contribution in [2.75, 3.05) is 18.9 Å². The number of nitrogens with zero attached hydrogens (tertiary/aromatic N) is 1. The van der Waals surface area contributed by atoms with E-state index >= 15 is 0 Å². The van der Waals surface area contributed by atoms with Gasteiger partial charge < -0.3 is 10.6 Å². The number of carbonyl (C=O) groups is 1. The predicted molar refractivity (Wildman–Crippen MR) is 79.4 cm³/mol. The molecule has 0 atom stereocenters. The summed E-state index contributed by atoms with van der Waals surface area (Å²) in [5.74, 6) is 0.472. The summed E-state index contributed by atoms with van der Waals surface area (Å²) in [6, 6.07) is 3.23. The zero-order chi connectivity index (χ0) is 15.3. The van der Waals surface area contributed by atoms with Crippen LogP contribution in [0, 0.1) is 0 Å². The molecule has 2 rings (SSSR count). The molecular weight excluding hydrogens is 292 g/mol. The molecule has 0 aromatic carbocycles. The van der Waals surface area contributed by atoms with Crippen LogP contribution in [0.4, 0.5) is 5.82 Å². The van der Waals surface area contributed by atoms with Gasteiger partial charge in [0.25, 0.3) is 0 Å². The summed E-state index contributed by atoms with van der Waals surface area (Å²) in [6.45, 7) is 0.234. The van der Waals surface area contributed by atoms with E-state index in [0.29, 0.717) is 24.7 Å². The van der Waals surface area contributed by atoms with E-state index in [1.807, 2.05) is 0 Å². The summed E-state index contributed by atoms with van der Waals surface area (Å²) >= 11 is 0. The molecule has 7 nitrogen and oxygen atoms in total. The van der Waals surface area contributed by atoms with Gasteiger partial charge in [0, 0.05) is 38.3 Å². The van der Waals surface area contributed by atoms with Gasteiger partial charge in [-0.3, -0.25) is 4.79 Å². The summed E-state index contributed by atoms with van der Waals surface area (Å²) < 4.78 is 26.6. The first kappa shape index (κ1) is 15.7. The van der Waals surface area contributed by atoms with Crippen LogP contribution in [0.15, 0.2) is 23.2 Å². The van der Waals surface area contributed by atoms with Crippen LogP contribution in [0.1, 0.15) is 25.7 Å².